The fraction of sp³-hybridized carbons (Fsp3) is 0.333. The molecule has 28 heavy (non-hydrogen) atoms. The number of nitrogens with zero attached hydrogens (tertiary/aromatic N) is 1. The van der Waals surface area contributed by atoms with Gasteiger partial charge in [-0.25, -0.2) is 13.2 Å². The third kappa shape index (κ3) is 4.25. The van der Waals surface area contributed by atoms with Crippen molar-refractivity contribution in [1.82, 2.24) is 4.72 Å². The van der Waals surface area contributed by atoms with Crippen LogP contribution in [0.5, 0.6) is 0 Å². The Bertz CT molecular complexity index is 997. The Kier molecular flexibility index (Phi) is 5.84. The molecule has 0 saturated carbocycles. The van der Waals surface area contributed by atoms with E-state index in [2.05, 4.69) is 9.71 Å². The topological polar surface area (TPSA) is 84.8 Å². The molecule has 2 aromatic rings. The molecule has 0 amide bonds. The van der Waals surface area contributed by atoms with E-state index in [1.54, 1.807) is 18.2 Å². The van der Waals surface area contributed by atoms with E-state index in [1.807, 2.05) is 45.0 Å². The van der Waals surface area contributed by atoms with Crippen molar-refractivity contribution in [2.75, 3.05) is 0 Å². The second-order valence-corrected chi connectivity index (χ2v) is 8.65. The molecule has 1 heterocycles. The van der Waals surface area contributed by atoms with Crippen molar-refractivity contribution in [1.29, 1.82) is 0 Å². The molecule has 1 N–H and O–H groups in total. The maximum Gasteiger partial charge on any atom is 0.331 e. The van der Waals surface area contributed by atoms with Crippen molar-refractivity contribution in [3.63, 3.8) is 0 Å². The summed E-state index contributed by atoms with van der Waals surface area (Å²) in [5.41, 5.74) is 2.50. The maximum atomic E-state index is 12.7. The van der Waals surface area contributed by atoms with Gasteiger partial charge in [-0.1, -0.05) is 62.2 Å². The summed E-state index contributed by atoms with van der Waals surface area (Å²) in [6.45, 7) is 6.00. The van der Waals surface area contributed by atoms with E-state index in [4.69, 9.17) is 4.74 Å². The summed E-state index contributed by atoms with van der Waals surface area (Å²) in [6.07, 6.45) is 0.704. The van der Waals surface area contributed by atoms with Crippen LogP contribution in [0.15, 0.2) is 58.4 Å². The standard InChI is InChI=1S/C21H24N2O4S/c1-4-15(3)19(21(24)27-13-16-11-9-14(2)10-12-16)22-20-17-7-5-6-8-18(17)28(25,26)23-20/h5-12,15,19H,4,13H2,1-3H3,(H,22,23)/t15-,19-/m0/s1. The molecular formula is C21H24N2O4S. The van der Waals surface area contributed by atoms with Crippen molar-refractivity contribution in [3.8, 4) is 0 Å². The minimum Gasteiger partial charge on any atom is -0.459 e. The summed E-state index contributed by atoms with van der Waals surface area (Å²) >= 11 is 0. The highest BCUT2D eigenvalue weighted by Gasteiger charge is 2.33. The van der Waals surface area contributed by atoms with Crippen LogP contribution in [0.4, 0.5) is 0 Å². The maximum absolute atomic E-state index is 12.7. The number of carbonyl (C=O) groups is 1. The number of nitrogens with one attached hydrogen (secondary N) is 1. The lowest BCUT2D eigenvalue weighted by Crippen LogP contribution is -2.32. The predicted octanol–water partition coefficient (Wildman–Crippen LogP) is 3.19. The van der Waals surface area contributed by atoms with Crippen LogP contribution in [-0.2, 0) is 26.2 Å². The molecule has 148 valence electrons. The molecule has 0 unspecified atom stereocenters. The van der Waals surface area contributed by atoms with E-state index in [-0.39, 0.29) is 23.3 Å². The van der Waals surface area contributed by atoms with E-state index >= 15 is 0 Å². The second-order valence-electron chi connectivity index (χ2n) is 7.00. The van der Waals surface area contributed by atoms with Crippen LogP contribution in [0.25, 0.3) is 0 Å². The first-order valence-corrected chi connectivity index (χ1v) is 10.7. The van der Waals surface area contributed by atoms with Crippen LogP contribution in [0, 0.1) is 12.8 Å². The minimum absolute atomic E-state index is 0.102. The monoisotopic (exact) mass is 400 g/mol. The number of amidine groups is 1. The highest BCUT2D eigenvalue weighted by atomic mass is 32.2. The molecule has 2 atom stereocenters. The van der Waals surface area contributed by atoms with Gasteiger partial charge in [0.25, 0.3) is 10.0 Å². The van der Waals surface area contributed by atoms with Crippen LogP contribution >= 0.6 is 0 Å². The number of hydrogen-bond donors (Lipinski definition) is 1. The average Bonchev–Trinajstić information content (AvgIpc) is 2.95. The summed E-state index contributed by atoms with van der Waals surface area (Å²) in [5, 5.41) is 0. The van der Waals surface area contributed by atoms with E-state index < -0.39 is 22.0 Å². The highest BCUT2D eigenvalue weighted by Crippen LogP contribution is 2.24. The normalized spacial score (nSPS) is 18.2. The summed E-state index contributed by atoms with van der Waals surface area (Å²) in [7, 11) is -3.65. The third-order valence-electron chi connectivity index (χ3n) is 4.86. The summed E-state index contributed by atoms with van der Waals surface area (Å²) in [4.78, 5) is 17.4. The van der Waals surface area contributed by atoms with Crippen LogP contribution in [-0.4, -0.2) is 26.3 Å². The van der Waals surface area contributed by atoms with E-state index in [0.717, 1.165) is 11.1 Å². The zero-order valence-corrected chi connectivity index (χ0v) is 17.0. The van der Waals surface area contributed by atoms with Gasteiger partial charge in [0.15, 0.2) is 6.04 Å². The Morgan fingerprint density at radius 1 is 1.14 bits per heavy atom. The fourth-order valence-electron chi connectivity index (χ4n) is 2.93. The van der Waals surface area contributed by atoms with E-state index in [0.29, 0.717) is 12.0 Å². The number of aliphatic imine (C=N–C) groups is 1. The zero-order chi connectivity index (χ0) is 20.3. The first-order chi connectivity index (χ1) is 13.3. The average molecular weight is 401 g/mol. The fourth-order valence-corrected chi connectivity index (χ4v) is 4.17. The Labute approximate surface area is 165 Å². The molecule has 7 heteroatoms. The molecule has 0 radical (unpaired) electrons. The van der Waals surface area contributed by atoms with Gasteiger partial charge >= 0.3 is 5.97 Å². The van der Waals surface area contributed by atoms with Crippen molar-refractivity contribution in [3.05, 3.63) is 65.2 Å². The van der Waals surface area contributed by atoms with Crippen LogP contribution in [0.2, 0.25) is 0 Å². The molecule has 2 aromatic carbocycles. The minimum atomic E-state index is -3.65. The lowest BCUT2D eigenvalue weighted by atomic mass is 9.99. The van der Waals surface area contributed by atoms with Gasteiger partial charge in [-0.2, -0.15) is 0 Å². The van der Waals surface area contributed by atoms with Crippen molar-refractivity contribution in [2.45, 2.75) is 44.7 Å². The summed E-state index contributed by atoms with van der Waals surface area (Å²) in [6, 6.07) is 13.5. The number of esters is 1. The quantitative estimate of drug-likeness (QED) is 0.755. The zero-order valence-electron chi connectivity index (χ0n) is 16.2. The van der Waals surface area contributed by atoms with Gasteiger partial charge in [-0.15, -0.1) is 0 Å². The van der Waals surface area contributed by atoms with Crippen LogP contribution in [0.1, 0.15) is 37.0 Å². The van der Waals surface area contributed by atoms with E-state index in [9.17, 15) is 13.2 Å². The predicted molar refractivity (Wildman–Crippen MR) is 108 cm³/mol. The number of ether oxygens (including phenoxy) is 1. The number of fused-ring (bicyclic) bond motifs is 1. The number of aryl methyl sites for hydroxylation is 1. The summed E-state index contributed by atoms with van der Waals surface area (Å²) in [5.74, 6) is -0.380. The molecule has 1 aliphatic rings. The number of carbonyl (C=O) groups excluding carboxylic acids is 1. The van der Waals surface area contributed by atoms with Crippen LogP contribution in [0.3, 0.4) is 0 Å². The molecule has 0 fully saturated rings. The van der Waals surface area contributed by atoms with Gasteiger partial charge < -0.3 is 4.74 Å². The Morgan fingerprint density at radius 3 is 2.50 bits per heavy atom. The smallest absolute Gasteiger partial charge is 0.331 e. The number of rotatable bonds is 6. The van der Waals surface area contributed by atoms with Gasteiger partial charge in [0, 0.05) is 5.56 Å². The van der Waals surface area contributed by atoms with E-state index in [1.165, 1.54) is 6.07 Å². The van der Waals surface area contributed by atoms with Gasteiger partial charge in [0.2, 0.25) is 0 Å². The van der Waals surface area contributed by atoms with Gasteiger partial charge in [0.1, 0.15) is 12.4 Å². The second kappa shape index (κ2) is 8.14. The Hall–Kier alpha value is -2.67. The lowest BCUT2D eigenvalue weighted by molar-refractivity contribution is -0.147. The Balaban J connectivity index is 1.84. The third-order valence-corrected chi connectivity index (χ3v) is 6.25. The van der Waals surface area contributed by atoms with Crippen molar-refractivity contribution in [2.24, 2.45) is 10.9 Å². The van der Waals surface area contributed by atoms with Gasteiger partial charge in [-0.05, 0) is 30.5 Å². The number of hydrogen-bond acceptors (Lipinski definition) is 5. The molecule has 0 bridgehead atoms. The largest absolute Gasteiger partial charge is 0.459 e. The first-order valence-electron chi connectivity index (χ1n) is 9.24. The summed E-state index contributed by atoms with van der Waals surface area (Å²) < 4.78 is 32.5. The molecule has 0 aromatic heterocycles. The molecule has 6 nitrogen and oxygen atoms in total. The van der Waals surface area contributed by atoms with Gasteiger partial charge in [-0.3, -0.25) is 9.71 Å². The number of benzene rings is 2. The highest BCUT2D eigenvalue weighted by molar-refractivity contribution is 7.90. The molecule has 3 rings (SSSR count). The van der Waals surface area contributed by atoms with Crippen LogP contribution < -0.4 is 4.72 Å². The molecular weight excluding hydrogens is 376 g/mol. The van der Waals surface area contributed by atoms with Gasteiger partial charge in [0.05, 0.1) is 4.90 Å². The lowest BCUT2D eigenvalue weighted by Gasteiger charge is -2.18. The molecule has 1 aliphatic heterocycles. The van der Waals surface area contributed by atoms with Crippen molar-refractivity contribution >= 4 is 21.8 Å². The molecule has 0 aliphatic carbocycles. The van der Waals surface area contributed by atoms with Crippen molar-refractivity contribution < 1.29 is 17.9 Å². The first kappa shape index (κ1) is 20.1. The molecule has 0 saturated heterocycles. The molecule has 0 spiro atoms. The SMILES string of the molecule is CC[C@H](C)[C@H](N=C1NS(=O)(=O)c2ccccc21)C(=O)OCc1ccc(C)cc1. The number of sulfonamides is 1. The Morgan fingerprint density at radius 2 is 1.82 bits per heavy atom.